The summed E-state index contributed by atoms with van der Waals surface area (Å²) in [6.45, 7) is 8.47. The summed E-state index contributed by atoms with van der Waals surface area (Å²) < 4.78 is 24.9. The van der Waals surface area contributed by atoms with Crippen LogP contribution in [0.25, 0.3) is 0 Å². The van der Waals surface area contributed by atoms with Crippen molar-refractivity contribution in [1.29, 1.82) is 0 Å². The Kier molecular flexibility index (Phi) is 7.20. The van der Waals surface area contributed by atoms with Gasteiger partial charge >= 0.3 is 0 Å². The minimum atomic E-state index is -0.274. The van der Waals surface area contributed by atoms with Crippen molar-refractivity contribution in [2.24, 2.45) is 0 Å². The van der Waals surface area contributed by atoms with Gasteiger partial charge in [0, 0.05) is 76.0 Å². The van der Waals surface area contributed by atoms with E-state index in [9.17, 15) is 9.18 Å². The molecule has 182 valence electrons. The van der Waals surface area contributed by atoms with E-state index in [1.54, 1.807) is 12.1 Å². The highest BCUT2D eigenvalue weighted by atomic mass is 35.5. The molecule has 0 atom stereocenters. The molecule has 2 aromatic carbocycles. The van der Waals surface area contributed by atoms with E-state index in [0.29, 0.717) is 43.6 Å². The molecule has 0 N–H and O–H groups in total. The van der Waals surface area contributed by atoms with Gasteiger partial charge in [0.2, 0.25) is 12.7 Å². The van der Waals surface area contributed by atoms with E-state index in [2.05, 4.69) is 26.8 Å². The maximum atomic E-state index is 14.1. The molecule has 2 fully saturated rings. The topological polar surface area (TPSA) is 48.5 Å². The van der Waals surface area contributed by atoms with E-state index in [1.807, 2.05) is 11.0 Å². The second-order valence-corrected chi connectivity index (χ2v) is 9.50. The van der Waals surface area contributed by atoms with Gasteiger partial charge in [0.05, 0.1) is 6.54 Å². The Hall–Kier alpha value is -2.39. The highest BCUT2D eigenvalue weighted by molar-refractivity contribution is 6.31. The predicted molar refractivity (Wildman–Crippen MR) is 128 cm³/mol. The number of piperazine rings is 2. The maximum absolute atomic E-state index is 14.1. The van der Waals surface area contributed by atoms with Crippen molar-refractivity contribution in [3.05, 3.63) is 58.4 Å². The van der Waals surface area contributed by atoms with Crippen molar-refractivity contribution >= 4 is 17.5 Å². The Morgan fingerprint density at radius 1 is 0.853 bits per heavy atom. The fourth-order valence-corrected chi connectivity index (χ4v) is 4.98. The molecule has 0 spiro atoms. The average Bonchev–Trinajstić information content (AvgIpc) is 3.31. The quantitative estimate of drug-likeness (QED) is 0.623. The number of fused-ring (bicyclic) bond motifs is 1. The molecule has 2 aromatic rings. The first kappa shape index (κ1) is 23.4. The lowest BCUT2D eigenvalue weighted by Gasteiger charge is -2.38. The van der Waals surface area contributed by atoms with Crippen molar-refractivity contribution in [2.45, 2.75) is 13.1 Å². The summed E-state index contributed by atoms with van der Waals surface area (Å²) in [4.78, 5) is 21.6. The van der Waals surface area contributed by atoms with E-state index in [0.717, 1.165) is 57.3 Å². The molecule has 0 radical (unpaired) electrons. The molecule has 0 saturated carbocycles. The SMILES string of the molecule is O=C(CN1CCN(Cc2ccc3c(c2)OCO3)CC1)N1CCN(Cc2c(F)cccc2Cl)CC1. The third-order valence-electron chi connectivity index (χ3n) is 6.84. The number of rotatable bonds is 6. The molecule has 7 nitrogen and oxygen atoms in total. The van der Waals surface area contributed by atoms with Crippen molar-refractivity contribution in [1.82, 2.24) is 19.6 Å². The van der Waals surface area contributed by atoms with Gasteiger partial charge in [-0.25, -0.2) is 4.39 Å². The van der Waals surface area contributed by atoms with Crippen LogP contribution in [0.1, 0.15) is 11.1 Å². The molecule has 0 aromatic heterocycles. The van der Waals surface area contributed by atoms with Gasteiger partial charge in [-0.2, -0.15) is 0 Å². The van der Waals surface area contributed by atoms with Gasteiger partial charge in [-0.15, -0.1) is 0 Å². The van der Waals surface area contributed by atoms with Crippen LogP contribution < -0.4 is 9.47 Å². The Labute approximate surface area is 204 Å². The van der Waals surface area contributed by atoms with Gasteiger partial charge in [-0.05, 0) is 29.8 Å². The van der Waals surface area contributed by atoms with Crippen LogP contribution in [0.5, 0.6) is 11.5 Å². The number of ether oxygens (including phenoxy) is 2. The number of nitrogens with zero attached hydrogens (tertiary/aromatic N) is 4. The second kappa shape index (κ2) is 10.5. The number of carbonyl (C=O) groups is 1. The lowest BCUT2D eigenvalue weighted by atomic mass is 10.1. The molecule has 34 heavy (non-hydrogen) atoms. The van der Waals surface area contributed by atoms with Crippen LogP contribution in [0.4, 0.5) is 4.39 Å². The number of hydrogen-bond donors (Lipinski definition) is 0. The highest BCUT2D eigenvalue weighted by Crippen LogP contribution is 2.32. The van der Waals surface area contributed by atoms with E-state index < -0.39 is 0 Å². The van der Waals surface area contributed by atoms with Crippen LogP contribution >= 0.6 is 11.6 Å². The van der Waals surface area contributed by atoms with E-state index in [1.165, 1.54) is 11.6 Å². The summed E-state index contributed by atoms with van der Waals surface area (Å²) >= 11 is 6.16. The molecular weight excluding hydrogens is 459 g/mol. The molecule has 5 rings (SSSR count). The summed E-state index contributed by atoms with van der Waals surface area (Å²) in [5.74, 6) is 1.53. The summed E-state index contributed by atoms with van der Waals surface area (Å²) in [5, 5.41) is 0.455. The van der Waals surface area contributed by atoms with Crippen molar-refractivity contribution in [3.8, 4) is 11.5 Å². The van der Waals surface area contributed by atoms with E-state index >= 15 is 0 Å². The third kappa shape index (κ3) is 5.46. The molecule has 0 bridgehead atoms. The normalized spacial score (nSPS) is 19.5. The largest absolute Gasteiger partial charge is 0.454 e. The second-order valence-electron chi connectivity index (χ2n) is 9.10. The molecule has 3 heterocycles. The van der Waals surface area contributed by atoms with Gasteiger partial charge in [-0.1, -0.05) is 23.7 Å². The molecular formula is C25H30ClFN4O3. The van der Waals surface area contributed by atoms with Gasteiger partial charge < -0.3 is 14.4 Å². The molecule has 0 unspecified atom stereocenters. The monoisotopic (exact) mass is 488 g/mol. The van der Waals surface area contributed by atoms with Gasteiger partial charge in [0.1, 0.15) is 5.82 Å². The Morgan fingerprint density at radius 3 is 2.29 bits per heavy atom. The summed E-state index contributed by atoms with van der Waals surface area (Å²) in [6, 6.07) is 10.9. The van der Waals surface area contributed by atoms with Crippen LogP contribution in [-0.4, -0.2) is 91.2 Å². The Bertz CT molecular complexity index is 1000. The molecule has 9 heteroatoms. The summed E-state index contributed by atoms with van der Waals surface area (Å²) in [7, 11) is 0. The first-order valence-corrected chi connectivity index (χ1v) is 12.2. The number of halogens is 2. The van der Waals surface area contributed by atoms with Crippen molar-refractivity contribution in [3.63, 3.8) is 0 Å². The summed E-state index contributed by atoms with van der Waals surface area (Å²) in [6.07, 6.45) is 0. The van der Waals surface area contributed by atoms with E-state index in [4.69, 9.17) is 21.1 Å². The van der Waals surface area contributed by atoms with Crippen molar-refractivity contribution < 1.29 is 18.7 Å². The van der Waals surface area contributed by atoms with Gasteiger partial charge in [0.15, 0.2) is 11.5 Å². The Morgan fingerprint density at radius 2 is 1.53 bits per heavy atom. The zero-order valence-corrected chi connectivity index (χ0v) is 20.0. The van der Waals surface area contributed by atoms with Crippen LogP contribution in [0, 0.1) is 5.82 Å². The third-order valence-corrected chi connectivity index (χ3v) is 7.19. The molecule has 2 saturated heterocycles. The fourth-order valence-electron chi connectivity index (χ4n) is 4.76. The first-order chi connectivity index (χ1) is 16.5. The molecule has 3 aliphatic heterocycles. The number of hydrogen-bond acceptors (Lipinski definition) is 6. The van der Waals surface area contributed by atoms with Crippen LogP contribution in [0.15, 0.2) is 36.4 Å². The minimum absolute atomic E-state index is 0.174. The van der Waals surface area contributed by atoms with Gasteiger partial charge in [0.25, 0.3) is 0 Å². The van der Waals surface area contributed by atoms with Crippen molar-refractivity contribution in [2.75, 3.05) is 65.7 Å². The van der Waals surface area contributed by atoms with Crippen LogP contribution in [0.2, 0.25) is 5.02 Å². The smallest absolute Gasteiger partial charge is 0.236 e. The Balaban J connectivity index is 1.04. The zero-order valence-electron chi connectivity index (χ0n) is 19.2. The van der Waals surface area contributed by atoms with E-state index in [-0.39, 0.29) is 11.7 Å². The zero-order chi connectivity index (χ0) is 23.5. The van der Waals surface area contributed by atoms with Gasteiger partial charge in [-0.3, -0.25) is 19.5 Å². The predicted octanol–water partition coefficient (Wildman–Crippen LogP) is 2.67. The number of amides is 1. The maximum Gasteiger partial charge on any atom is 0.236 e. The number of carbonyl (C=O) groups excluding carboxylic acids is 1. The molecule has 3 aliphatic rings. The molecule has 1 amide bonds. The lowest BCUT2D eigenvalue weighted by Crippen LogP contribution is -2.53. The molecule has 0 aliphatic carbocycles. The standard InChI is InChI=1S/C25H30ClFN4O3/c26-21-2-1-3-22(27)20(21)16-29-10-12-31(13-11-29)25(32)17-30-8-6-28(7-9-30)15-19-4-5-23-24(14-19)34-18-33-23/h1-5,14H,6-13,15-18H2. The number of benzene rings is 2. The minimum Gasteiger partial charge on any atom is -0.454 e. The van der Waals surface area contributed by atoms with Crippen LogP contribution in [-0.2, 0) is 17.9 Å². The highest BCUT2D eigenvalue weighted by Gasteiger charge is 2.26. The lowest BCUT2D eigenvalue weighted by molar-refractivity contribution is -0.134. The fraction of sp³-hybridized carbons (Fsp3) is 0.480. The van der Waals surface area contributed by atoms with Crippen LogP contribution in [0.3, 0.4) is 0 Å². The average molecular weight is 489 g/mol. The first-order valence-electron chi connectivity index (χ1n) is 11.8. The summed E-state index contributed by atoms with van der Waals surface area (Å²) in [5.41, 5.74) is 1.74.